The zero-order valence-corrected chi connectivity index (χ0v) is 21.7. The molecule has 1 aliphatic carbocycles. The fourth-order valence-electron chi connectivity index (χ4n) is 5.24. The van der Waals surface area contributed by atoms with Crippen LogP contribution in [0.15, 0.2) is 59.7 Å². The van der Waals surface area contributed by atoms with Crippen LogP contribution in [0.2, 0.25) is 0 Å². The van der Waals surface area contributed by atoms with Crippen LogP contribution in [-0.4, -0.2) is 46.7 Å². The number of amides is 1. The molecule has 1 fully saturated rings. The van der Waals surface area contributed by atoms with Gasteiger partial charge in [-0.05, 0) is 92.7 Å². The number of carbonyl (C=O) groups is 1. The van der Waals surface area contributed by atoms with E-state index in [1.54, 1.807) is 4.57 Å². The Hall–Kier alpha value is -4.28. The number of carbonyl (C=O) groups excluding carboxylic acids is 1. The molecule has 10 nitrogen and oxygen atoms in total. The van der Waals surface area contributed by atoms with Gasteiger partial charge in [0.05, 0.1) is 12.5 Å². The van der Waals surface area contributed by atoms with Gasteiger partial charge in [-0.25, -0.2) is 10.5 Å². The van der Waals surface area contributed by atoms with E-state index in [1.165, 1.54) is 30.6 Å². The number of piperidine rings is 1. The molecule has 39 heavy (non-hydrogen) atoms. The van der Waals surface area contributed by atoms with Crippen LogP contribution in [0.25, 0.3) is 16.7 Å². The lowest BCUT2D eigenvalue weighted by Crippen LogP contribution is -2.34. The van der Waals surface area contributed by atoms with Gasteiger partial charge in [0, 0.05) is 23.8 Å². The third-order valence-corrected chi connectivity index (χ3v) is 7.24. The highest BCUT2D eigenvalue weighted by Crippen LogP contribution is 2.27. The van der Waals surface area contributed by atoms with Gasteiger partial charge in [0.25, 0.3) is 5.91 Å². The average Bonchev–Trinajstić information content (AvgIpc) is 3.43. The number of aromatic nitrogens is 3. The number of hydrogen-bond donors (Lipinski definition) is 3. The first-order chi connectivity index (χ1) is 19.1. The number of fused-ring (bicyclic) bond motifs is 2. The minimum Gasteiger partial charge on any atom is -0.490 e. The molecular formula is C29H30N6O4. The van der Waals surface area contributed by atoms with E-state index in [4.69, 9.17) is 14.6 Å². The highest BCUT2D eigenvalue weighted by Gasteiger charge is 2.20. The number of rotatable bonds is 7. The second kappa shape index (κ2) is 10.8. The molecule has 3 heterocycles. The van der Waals surface area contributed by atoms with Crippen LogP contribution >= 0.6 is 0 Å². The summed E-state index contributed by atoms with van der Waals surface area (Å²) in [6.45, 7) is 1.94. The van der Waals surface area contributed by atoms with Crippen molar-refractivity contribution in [3.05, 3.63) is 81.8 Å². The maximum Gasteiger partial charge on any atom is 0.280 e. The summed E-state index contributed by atoms with van der Waals surface area (Å²) in [4.78, 5) is 39.7. The molecule has 200 valence electrons. The fourth-order valence-corrected chi connectivity index (χ4v) is 5.24. The molecule has 1 amide bonds. The summed E-state index contributed by atoms with van der Waals surface area (Å²) in [5.74, 6) is 0.519. The number of pyridine rings is 1. The van der Waals surface area contributed by atoms with Crippen molar-refractivity contribution in [2.24, 2.45) is 0 Å². The SMILES string of the molecule is CONC(=O)c1cn(-c2ccc3c(c2)CCC3)c2nc(Nc3ccc(OC4CCNCC4)cc3)ncc2c1=O. The smallest absolute Gasteiger partial charge is 0.280 e. The minimum atomic E-state index is -0.631. The zero-order chi connectivity index (χ0) is 26.8. The molecule has 2 aromatic heterocycles. The summed E-state index contributed by atoms with van der Waals surface area (Å²) in [6, 6.07) is 13.9. The van der Waals surface area contributed by atoms with Crippen molar-refractivity contribution in [1.29, 1.82) is 0 Å². The first-order valence-corrected chi connectivity index (χ1v) is 13.2. The summed E-state index contributed by atoms with van der Waals surface area (Å²) in [6.07, 6.45) is 8.34. The summed E-state index contributed by atoms with van der Waals surface area (Å²) in [5, 5.41) is 6.80. The monoisotopic (exact) mass is 526 g/mol. The Morgan fingerprint density at radius 1 is 1.08 bits per heavy atom. The standard InChI is InChI=1S/C29H30N6O4/c1-38-34-28(37)25-17-35(21-8-5-18-3-2-4-19(18)15-21)27-24(26(25)36)16-31-29(33-27)32-20-6-9-22(10-7-20)39-23-11-13-30-14-12-23/h5-10,15-17,23,30H,2-4,11-14H2,1H3,(H,34,37)(H,31,32,33). The van der Waals surface area contributed by atoms with Gasteiger partial charge in [-0.15, -0.1) is 0 Å². The first-order valence-electron chi connectivity index (χ1n) is 13.2. The first kappa shape index (κ1) is 25.0. The van der Waals surface area contributed by atoms with Gasteiger partial charge < -0.3 is 19.9 Å². The number of aryl methyl sites for hydroxylation is 2. The van der Waals surface area contributed by atoms with Crippen LogP contribution in [0.5, 0.6) is 5.75 Å². The molecule has 1 aliphatic heterocycles. The quantitative estimate of drug-likeness (QED) is 0.314. The van der Waals surface area contributed by atoms with Gasteiger partial charge in [-0.1, -0.05) is 6.07 Å². The van der Waals surface area contributed by atoms with Crippen LogP contribution < -0.4 is 26.3 Å². The number of benzene rings is 2. The van der Waals surface area contributed by atoms with Crippen molar-refractivity contribution in [1.82, 2.24) is 25.3 Å². The summed E-state index contributed by atoms with van der Waals surface area (Å²) in [5.41, 5.74) is 6.31. The third-order valence-electron chi connectivity index (χ3n) is 7.24. The Balaban J connectivity index is 1.34. The van der Waals surface area contributed by atoms with Crippen LogP contribution in [0, 0.1) is 0 Å². The Morgan fingerprint density at radius 2 is 1.87 bits per heavy atom. The topological polar surface area (TPSA) is 119 Å². The van der Waals surface area contributed by atoms with E-state index in [9.17, 15) is 9.59 Å². The second-order valence-corrected chi connectivity index (χ2v) is 9.83. The third kappa shape index (κ3) is 5.21. The summed E-state index contributed by atoms with van der Waals surface area (Å²) >= 11 is 0. The molecule has 0 bridgehead atoms. The van der Waals surface area contributed by atoms with Gasteiger partial charge >= 0.3 is 0 Å². The minimum absolute atomic E-state index is 0.0570. The zero-order valence-electron chi connectivity index (χ0n) is 21.7. The van der Waals surface area contributed by atoms with Crippen LogP contribution in [0.4, 0.5) is 11.6 Å². The predicted octanol–water partition coefficient (Wildman–Crippen LogP) is 3.44. The van der Waals surface area contributed by atoms with E-state index in [1.807, 2.05) is 30.3 Å². The molecule has 0 spiro atoms. The number of anilines is 2. The van der Waals surface area contributed by atoms with Crippen LogP contribution in [0.3, 0.4) is 0 Å². The lowest BCUT2D eigenvalue weighted by molar-refractivity contribution is 0.0536. The molecule has 0 unspecified atom stereocenters. The van der Waals surface area contributed by atoms with Crippen molar-refractivity contribution in [3.63, 3.8) is 0 Å². The molecule has 10 heteroatoms. The number of nitrogens with one attached hydrogen (secondary N) is 3. The van der Waals surface area contributed by atoms with Gasteiger partial charge in [0.15, 0.2) is 5.65 Å². The van der Waals surface area contributed by atoms with E-state index in [0.717, 1.165) is 62.3 Å². The van der Waals surface area contributed by atoms with Crippen molar-refractivity contribution >= 4 is 28.6 Å². The predicted molar refractivity (Wildman–Crippen MR) is 148 cm³/mol. The van der Waals surface area contributed by atoms with E-state index < -0.39 is 11.3 Å². The number of ether oxygens (including phenoxy) is 1. The summed E-state index contributed by atoms with van der Waals surface area (Å²) < 4.78 is 7.86. The molecule has 1 saturated heterocycles. The Bertz CT molecular complexity index is 1580. The average molecular weight is 527 g/mol. The molecule has 3 N–H and O–H groups in total. The van der Waals surface area contributed by atoms with Crippen molar-refractivity contribution in [2.75, 3.05) is 25.5 Å². The number of hydroxylamine groups is 1. The molecule has 4 aromatic rings. The van der Waals surface area contributed by atoms with E-state index >= 15 is 0 Å². The van der Waals surface area contributed by atoms with E-state index in [0.29, 0.717) is 11.6 Å². The largest absolute Gasteiger partial charge is 0.490 e. The highest BCUT2D eigenvalue weighted by molar-refractivity contribution is 5.96. The van der Waals surface area contributed by atoms with Gasteiger partial charge in [0.1, 0.15) is 17.4 Å². The normalized spacial score (nSPS) is 15.2. The second-order valence-electron chi connectivity index (χ2n) is 9.83. The van der Waals surface area contributed by atoms with Crippen molar-refractivity contribution < 1.29 is 14.4 Å². The Labute approximate surface area is 225 Å². The number of hydrogen-bond acceptors (Lipinski definition) is 8. The van der Waals surface area contributed by atoms with E-state index in [-0.39, 0.29) is 17.1 Å². The number of nitrogens with zero attached hydrogens (tertiary/aromatic N) is 3. The van der Waals surface area contributed by atoms with Gasteiger partial charge in [-0.2, -0.15) is 4.98 Å². The van der Waals surface area contributed by atoms with Gasteiger partial charge in [-0.3, -0.25) is 14.4 Å². The Morgan fingerprint density at radius 3 is 2.67 bits per heavy atom. The van der Waals surface area contributed by atoms with Gasteiger partial charge in [0.2, 0.25) is 11.4 Å². The molecule has 0 radical (unpaired) electrons. The van der Waals surface area contributed by atoms with Crippen molar-refractivity contribution in [2.45, 2.75) is 38.2 Å². The molecule has 0 saturated carbocycles. The molecule has 2 aliphatic rings. The lowest BCUT2D eigenvalue weighted by Gasteiger charge is -2.23. The molecule has 2 aromatic carbocycles. The maximum absolute atomic E-state index is 13.2. The summed E-state index contributed by atoms with van der Waals surface area (Å²) in [7, 11) is 1.32. The molecule has 0 atom stereocenters. The lowest BCUT2D eigenvalue weighted by atomic mass is 10.1. The Kier molecular flexibility index (Phi) is 6.95. The molecular weight excluding hydrogens is 496 g/mol. The molecule has 6 rings (SSSR count). The van der Waals surface area contributed by atoms with Crippen molar-refractivity contribution in [3.8, 4) is 11.4 Å². The fraction of sp³-hybridized carbons (Fsp3) is 0.310. The highest BCUT2D eigenvalue weighted by atomic mass is 16.6. The maximum atomic E-state index is 13.2. The van der Waals surface area contributed by atoms with Crippen LogP contribution in [0.1, 0.15) is 40.7 Å². The van der Waals surface area contributed by atoms with E-state index in [2.05, 4.69) is 33.2 Å². The van der Waals surface area contributed by atoms with Crippen LogP contribution in [-0.2, 0) is 17.7 Å².